The molecule has 0 atom stereocenters. The van der Waals surface area contributed by atoms with Crippen molar-refractivity contribution in [2.75, 3.05) is 31.1 Å². The zero-order valence-corrected chi connectivity index (χ0v) is 17.7. The molecule has 0 unspecified atom stereocenters. The van der Waals surface area contributed by atoms with Crippen LogP contribution in [0.2, 0.25) is 5.02 Å². The standard InChI is InChI=1S/C22H30ClN5O/c23-21-20(15-25-26-22(21)29)28-13-11-27(12-14-28)16-18-8-4-10-24-19(18)9-3-7-17-5-1-2-6-17/h4,8,10,15,17H,1-3,5-7,9,11-14,16H2,(H,26,29). The van der Waals surface area contributed by atoms with Gasteiger partial charge in [-0.1, -0.05) is 49.8 Å². The van der Waals surface area contributed by atoms with E-state index < -0.39 is 0 Å². The van der Waals surface area contributed by atoms with Crippen LogP contribution in [0.3, 0.4) is 0 Å². The second-order valence-electron chi connectivity index (χ2n) is 8.31. The summed E-state index contributed by atoms with van der Waals surface area (Å²) in [5, 5.41) is 6.50. The van der Waals surface area contributed by atoms with Gasteiger partial charge in [-0.05, 0) is 30.4 Å². The normalized spacial score (nSPS) is 18.4. The third-order valence-corrected chi connectivity index (χ3v) is 6.73. The van der Waals surface area contributed by atoms with Gasteiger partial charge < -0.3 is 4.90 Å². The van der Waals surface area contributed by atoms with Gasteiger partial charge in [-0.15, -0.1) is 0 Å². The average Bonchev–Trinajstić information content (AvgIpc) is 3.26. The van der Waals surface area contributed by atoms with Crippen molar-refractivity contribution in [1.82, 2.24) is 20.1 Å². The van der Waals surface area contributed by atoms with Crippen molar-refractivity contribution in [1.29, 1.82) is 0 Å². The highest BCUT2D eigenvalue weighted by Gasteiger charge is 2.21. The van der Waals surface area contributed by atoms with E-state index >= 15 is 0 Å². The number of H-pyrrole nitrogens is 1. The average molecular weight is 416 g/mol. The molecular weight excluding hydrogens is 386 g/mol. The van der Waals surface area contributed by atoms with E-state index in [1.165, 1.54) is 49.8 Å². The SMILES string of the molecule is O=c1[nH]ncc(N2CCN(Cc3cccnc3CCCC3CCCC3)CC2)c1Cl. The van der Waals surface area contributed by atoms with Crippen molar-refractivity contribution in [2.45, 2.75) is 51.5 Å². The fourth-order valence-corrected chi connectivity index (χ4v) is 4.89. The van der Waals surface area contributed by atoms with Gasteiger partial charge in [-0.2, -0.15) is 5.10 Å². The van der Waals surface area contributed by atoms with E-state index in [1.807, 2.05) is 12.3 Å². The van der Waals surface area contributed by atoms with Crippen molar-refractivity contribution in [3.8, 4) is 0 Å². The van der Waals surface area contributed by atoms with E-state index in [0.717, 1.165) is 50.7 Å². The number of aromatic nitrogens is 3. The van der Waals surface area contributed by atoms with Crippen molar-refractivity contribution in [3.05, 3.63) is 51.2 Å². The monoisotopic (exact) mass is 415 g/mol. The Morgan fingerprint density at radius 3 is 2.76 bits per heavy atom. The molecule has 1 aliphatic heterocycles. The Kier molecular flexibility index (Phi) is 6.82. The molecule has 0 aromatic carbocycles. The van der Waals surface area contributed by atoms with E-state index in [-0.39, 0.29) is 10.6 Å². The van der Waals surface area contributed by atoms with Crippen molar-refractivity contribution < 1.29 is 0 Å². The molecule has 2 fully saturated rings. The van der Waals surface area contributed by atoms with Crippen LogP contribution in [0.15, 0.2) is 29.3 Å². The number of pyridine rings is 1. The fourth-order valence-electron chi connectivity index (χ4n) is 4.68. The molecular formula is C22H30ClN5O. The first-order valence-corrected chi connectivity index (χ1v) is 11.2. The molecule has 2 aromatic heterocycles. The number of halogens is 1. The van der Waals surface area contributed by atoms with E-state index in [1.54, 1.807) is 6.20 Å². The predicted octanol–water partition coefficient (Wildman–Crippen LogP) is 3.65. The van der Waals surface area contributed by atoms with Crippen molar-refractivity contribution >= 4 is 17.3 Å². The number of rotatable bonds is 7. The maximum absolute atomic E-state index is 11.7. The quantitative estimate of drug-likeness (QED) is 0.747. The topological polar surface area (TPSA) is 65.1 Å². The van der Waals surface area contributed by atoms with Gasteiger partial charge in [0.05, 0.1) is 11.9 Å². The van der Waals surface area contributed by atoms with E-state index in [4.69, 9.17) is 16.6 Å². The van der Waals surface area contributed by atoms with Crippen LogP contribution in [0.25, 0.3) is 0 Å². The Bertz CT molecular complexity index is 856. The highest BCUT2D eigenvalue weighted by molar-refractivity contribution is 6.32. The third-order valence-electron chi connectivity index (χ3n) is 6.37. The Balaban J connectivity index is 1.31. The van der Waals surface area contributed by atoms with Crippen LogP contribution in [0.1, 0.15) is 49.8 Å². The molecule has 0 amide bonds. The van der Waals surface area contributed by atoms with Gasteiger partial charge in [0.25, 0.3) is 5.56 Å². The Hall–Kier alpha value is -1.92. The lowest BCUT2D eigenvalue weighted by Crippen LogP contribution is -2.46. The molecule has 7 heteroatoms. The number of aryl methyl sites for hydroxylation is 1. The zero-order valence-electron chi connectivity index (χ0n) is 16.9. The van der Waals surface area contributed by atoms with Gasteiger partial charge in [-0.25, -0.2) is 5.10 Å². The number of hydrogen-bond acceptors (Lipinski definition) is 5. The summed E-state index contributed by atoms with van der Waals surface area (Å²) in [6.45, 7) is 4.46. The number of hydrogen-bond donors (Lipinski definition) is 1. The molecule has 2 aliphatic rings. The lowest BCUT2D eigenvalue weighted by Gasteiger charge is -2.36. The van der Waals surface area contributed by atoms with Crippen LogP contribution in [-0.4, -0.2) is 46.3 Å². The number of piperazine rings is 1. The lowest BCUT2D eigenvalue weighted by molar-refractivity contribution is 0.248. The first-order valence-electron chi connectivity index (χ1n) is 10.8. The molecule has 6 nitrogen and oxygen atoms in total. The summed E-state index contributed by atoms with van der Waals surface area (Å²) in [6.07, 6.45) is 12.9. The van der Waals surface area contributed by atoms with Crippen LogP contribution in [0.4, 0.5) is 5.69 Å². The lowest BCUT2D eigenvalue weighted by atomic mass is 9.98. The summed E-state index contributed by atoms with van der Waals surface area (Å²) in [6, 6.07) is 4.27. The van der Waals surface area contributed by atoms with Gasteiger partial charge in [0.1, 0.15) is 5.02 Å². The summed E-state index contributed by atoms with van der Waals surface area (Å²) in [7, 11) is 0. The fraction of sp³-hybridized carbons (Fsp3) is 0.591. The largest absolute Gasteiger partial charge is 0.366 e. The van der Waals surface area contributed by atoms with Gasteiger partial charge in [0, 0.05) is 44.6 Å². The first kappa shape index (κ1) is 20.4. The highest BCUT2D eigenvalue weighted by atomic mass is 35.5. The molecule has 1 saturated heterocycles. The van der Waals surface area contributed by atoms with Crippen LogP contribution < -0.4 is 10.5 Å². The highest BCUT2D eigenvalue weighted by Crippen LogP contribution is 2.29. The predicted molar refractivity (Wildman–Crippen MR) is 116 cm³/mol. The third kappa shape index (κ3) is 5.17. The van der Waals surface area contributed by atoms with Crippen LogP contribution >= 0.6 is 11.6 Å². The maximum Gasteiger partial charge on any atom is 0.285 e. The Labute approximate surface area is 177 Å². The minimum Gasteiger partial charge on any atom is -0.366 e. The van der Waals surface area contributed by atoms with Crippen LogP contribution in [0.5, 0.6) is 0 Å². The number of nitrogens with zero attached hydrogens (tertiary/aromatic N) is 4. The second kappa shape index (κ2) is 9.72. The Morgan fingerprint density at radius 2 is 1.97 bits per heavy atom. The van der Waals surface area contributed by atoms with Crippen molar-refractivity contribution in [3.63, 3.8) is 0 Å². The van der Waals surface area contributed by atoms with Crippen LogP contribution in [0, 0.1) is 5.92 Å². The summed E-state index contributed by atoms with van der Waals surface area (Å²) in [5.74, 6) is 0.946. The second-order valence-corrected chi connectivity index (χ2v) is 8.69. The minimum absolute atomic E-state index is 0.227. The van der Waals surface area contributed by atoms with Gasteiger partial charge in [-0.3, -0.25) is 14.7 Å². The minimum atomic E-state index is -0.329. The molecule has 29 heavy (non-hydrogen) atoms. The number of nitrogens with one attached hydrogen (secondary N) is 1. The summed E-state index contributed by atoms with van der Waals surface area (Å²) >= 11 is 6.16. The number of anilines is 1. The summed E-state index contributed by atoms with van der Waals surface area (Å²) in [4.78, 5) is 21.0. The molecule has 0 bridgehead atoms. The molecule has 1 aliphatic carbocycles. The van der Waals surface area contributed by atoms with E-state index in [0.29, 0.717) is 0 Å². The number of aromatic amines is 1. The molecule has 4 rings (SSSR count). The molecule has 1 saturated carbocycles. The van der Waals surface area contributed by atoms with E-state index in [2.05, 4.69) is 26.1 Å². The van der Waals surface area contributed by atoms with E-state index in [9.17, 15) is 4.79 Å². The first-order chi connectivity index (χ1) is 14.2. The van der Waals surface area contributed by atoms with Gasteiger partial charge in [0.2, 0.25) is 0 Å². The molecule has 3 heterocycles. The maximum atomic E-state index is 11.7. The molecule has 156 valence electrons. The van der Waals surface area contributed by atoms with Gasteiger partial charge >= 0.3 is 0 Å². The molecule has 1 N–H and O–H groups in total. The summed E-state index contributed by atoms with van der Waals surface area (Å²) in [5.41, 5.74) is 3.01. The Morgan fingerprint density at radius 1 is 1.17 bits per heavy atom. The van der Waals surface area contributed by atoms with Crippen LogP contribution in [-0.2, 0) is 13.0 Å². The smallest absolute Gasteiger partial charge is 0.285 e. The molecule has 0 radical (unpaired) electrons. The summed E-state index contributed by atoms with van der Waals surface area (Å²) < 4.78 is 0. The molecule has 2 aromatic rings. The van der Waals surface area contributed by atoms with Gasteiger partial charge in [0.15, 0.2) is 0 Å². The zero-order chi connectivity index (χ0) is 20.1. The molecule has 0 spiro atoms. The van der Waals surface area contributed by atoms with Crippen molar-refractivity contribution in [2.24, 2.45) is 5.92 Å².